The minimum atomic E-state index is -4.53. The first kappa shape index (κ1) is 28.6. The van der Waals surface area contributed by atoms with E-state index in [0.29, 0.717) is 35.2 Å². The maximum atomic E-state index is 14.7. The molecule has 2 atom stereocenters. The molecule has 0 bridgehead atoms. The maximum absolute atomic E-state index is 14.7. The Hall–Kier alpha value is -3.94. The highest BCUT2D eigenvalue weighted by Crippen LogP contribution is 2.35. The van der Waals surface area contributed by atoms with E-state index in [1.54, 1.807) is 35.2 Å². The molecule has 0 saturated carbocycles. The molecule has 10 nitrogen and oxygen atoms in total. The third-order valence-electron chi connectivity index (χ3n) is 7.06. The summed E-state index contributed by atoms with van der Waals surface area (Å²) in [6.07, 6.45) is -2.10. The lowest BCUT2D eigenvalue weighted by atomic mass is 10.0. The van der Waals surface area contributed by atoms with Gasteiger partial charge in [-0.2, -0.15) is 18.2 Å². The molecular formula is C27H32F4N8O2. The number of nitrogens with zero attached hydrogens (tertiary/aromatic N) is 6. The fourth-order valence-corrected chi connectivity index (χ4v) is 5.04. The molecule has 1 fully saturated rings. The lowest BCUT2D eigenvalue weighted by Gasteiger charge is -2.33. The summed E-state index contributed by atoms with van der Waals surface area (Å²) in [5.74, 6) is -0.467. The fourth-order valence-electron chi connectivity index (χ4n) is 5.04. The Morgan fingerprint density at radius 1 is 1.22 bits per heavy atom. The molecule has 4 aromatic rings. The Morgan fingerprint density at radius 3 is 2.71 bits per heavy atom. The molecule has 1 amide bonds. The summed E-state index contributed by atoms with van der Waals surface area (Å²) < 4.78 is 63.8. The molecule has 14 heteroatoms. The van der Waals surface area contributed by atoms with Crippen molar-refractivity contribution in [1.82, 2.24) is 34.5 Å². The predicted molar refractivity (Wildman–Crippen MR) is 144 cm³/mol. The highest BCUT2D eigenvalue weighted by Gasteiger charge is 2.32. The molecule has 2 N–H and O–H groups in total. The van der Waals surface area contributed by atoms with Gasteiger partial charge in [-0.15, -0.1) is 0 Å². The van der Waals surface area contributed by atoms with E-state index >= 15 is 0 Å². The molecule has 0 radical (unpaired) electrons. The number of anilines is 1. The molecule has 41 heavy (non-hydrogen) atoms. The monoisotopic (exact) mass is 576 g/mol. The molecule has 1 aromatic carbocycles. The van der Waals surface area contributed by atoms with Crippen LogP contribution in [0, 0.1) is 0 Å². The van der Waals surface area contributed by atoms with Crippen molar-refractivity contribution in [2.45, 2.75) is 64.2 Å². The summed E-state index contributed by atoms with van der Waals surface area (Å²) in [7, 11) is 1.85. The largest absolute Gasteiger partial charge is 0.406 e. The van der Waals surface area contributed by atoms with Crippen molar-refractivity contribution < 1.29 is 26.9 Å². The Bertz CT molecular complexity index is 1530. The topological polar surface area (TPSA) is 106 Å². The highest BCUT2D eigenvalue weighted by molar-refractivity contribution is 5.96. The number of likely N-dealkylation sites (tertiary alicyclic amines) is 1. The van der Waals surface area contributed by atoms with E-state index in [4.69, 9.17) is 4.52 Å². The number of imidazole rings is 1. The number of nitrogens with one attached hydrogen (secondary N) is 2. The van der Waals surface area contributed by atoms with Crippen molar-refractivity contribution in [2.24, 2.45) is 0 Å². The van der Waals surface area contributed by atoms with Crippen molar-refractivity contribution in [1.29, 1.82) is 0 Å². The zero-order valence-electron chi connectivity index (χ0n) is 23.2. The number of alkyl halides is 4. The number of amides is 1. The van der Waals surface area contributed by atoms with Gasteiger partial charge in [0.15, 0.2) is 0 Å². The Labute approximate surface area is 233 Å². The van der Waals surface area contributed by atoms with Crippen molar-refractivity contribution in [2.75, 3.05) is 25.5 Å². The van der Waals surface area contributed by atoms with Crippen molar-refractivity contribution in [3.63, 3.8) is 0 Å². The molecule has 5 rings (SSSR count). The minimum Gasteiger partial charge on any atom is -0.379 e. The smallest absolute Gasteiger partial charge is 0.379 e. The third-order valence-corrected chi connectivity index (χ3v) is 7.06. The second-order valence-corrected chi connectivity index (χ2v) is 11.3. The van der Waals surface area contributed by atoms with Gasteiger partial charge in [0.25, 0.3) is 5.91 Å². The number of benzene rings is 1. The second-order valence-electron chi connectivity index (χ2n) is 11.3. The zero-order chi connectivity index (χ0) is 29.5. The number of carbonyl (C=O) groups is 1. The summed E-state index contributed by atoms with van der Waals surface area (Å²) in [4.78, 5) is 23.0. The third kappa shape index (κ3) is 6.21. The van der Waals surface area contributed by atoms with Crippen LogP contribution in [0.15, 0.2) is 41.3 Å². The number of hydrogen-bond acceptors (Lipinski definition) is 7. The number of carbonyl (C=O) groups excluding carboxylic acids is 1. The second kappa shape index (κ2) is 10.8. The van der Waals surface area contributed by atoms with Gasteiger partial charge >= 0.3 is 6.18 Å². The summed E-state index contributed by atoms with van der Waals surface area (Å²) in [6.45, 7) is 5.35. The summed E-state index contributed by atoms with van der Waals surface area (Å²) in [6, 6.07) is 5.98. The first-order valence-corrected chi connectivity index (χ1v) is 13.2. The van der Waals surface area contributed by atoms with Gasteiger partial charge in [0.1, 0.15) is 18.4 Å². The minimum absolute atomic E-state index is 0.0175. The standard InChI is InChI=1S/C27H32F4N8O2/c1-26(2,3)39-15-32-11-22(39)25(40)33-12-23-35-24(36-41-23)21-10-16-18(34-19-8-9-37(4)13-17(19)28)6-5-7-20(16)38(21)14-27(29,30)31/h5-7,10-11,15,17,19,34H,8-9,12-14H2,1-4H3,(H,33,40)/t17-,19+/m0/s1. The fraction of sp³-hybridized carbons (Fsp3) is 0.481. The molecule has 0 aliphatic carbocycles. The Morgan fingerprint density at radius 2 is 2.00 bits per heavy atom. The van der Waals surface area contributed by atoms with E-state index in [9.17, 15) is 22.4 Å². The number of halogens is 4. The van der Waals surface area contributed by atoms with E-state index in [-0.39, 0.29) is 36.0 Å². The first-order valence-electron chi connectivity index (χ1n) is 13.2. The SMILES string of the molecule is CN1CC[C@@H](Nc2cccc3c2cc(-c2noc(CNC(=O)c4cncn4C(C)(C)C)n2)n3CC(F)(F)F)[C@@H](F)C1. The van der Waals surface area contributed by atoms with Crippen molar-refractivity contribution in [3.8, 4) is 11.5 Å². The maximum Gasteiger partial charge on any atom is 0.406 e. The van der Waals surface area contributed by atoms with Crippen molar-refractivity contribution >= 4 is 22.5 Å². The van der Waals surface area contributed by atoms with Crippen LogP contribution in [0.25, 0.3) is 22.4 Å². The van der Waals surface area contributed by atoms with Gasteiger partial charge in [-0.25, -0.2) is 9.37 Å². The first-order chi connectivity index (χ1) is 19.3. The molecule has 4 heterocycles. The van der Waals surface area contributed by atoms with E-state index in [1.807, 2.05) is 32.7 Å². The quantitative estimate of drug-likeness (QED) is 0.310. The van der Waals surface area contributed by atoms with Crippen LogP contribution in [0.4, 0.5) is 23.2 Å². The van der Waals surface area contributed by atoms with E-state index in [0.717, 1.165) is 4.57 Å². The molecule has 220 valence electrons. The highest BCUT2D eigenvalue weighted by atomic mass is 19.4. The molecular weight excluding hydrogens is 544 g/mol. The number of hydrogen-bond donors (Lipinski definition) is 2. The number of rotatable bonds is 7. The molecule has 3 aromatic heterocycles. The normalized spacial score (nSPS) is 18.6. The lowest BCUT2D eigenvalue weighted by Crippen LogP contribution is -2.46. The zero-order valence-corrected chi connectivity index (χ0v) is 23.2. The summed E-state index contributed by atoms with van der Waals surface area (Å²) in [5.41, 5.74) is 0.856. The van der Waals surface area contributed by atoms with Crippen LogP contribution >= 0.6 is 0 Å². The summed E-state index contributed by atoms with van der Waals surface area (Å²) >= 11 is 0. The van der Waals surface area contributed by atoms with Gasteiger partial charge in [-0.05, 0) is 52.4 Å². The van der Waals surface area contributed by atoms with Gasteiger partial charge in [0.2, 0.25) is 11.7 Å². The average Bonchev–Trinajstić information content (AvgIpc) is 3.62. The van der Waals surface area contributed by atoms with Gasteiger partial charge in [-0.3, -0.25) is 4.79 Å². The summed E-state index contributed by atoms with van der Waals surface area (Å²) in [5, 5.41) is 10.3. The van der Waals surface area contributed by atoms with Crippen LogP contribution in [0.5, 0.6) is 0 Å². The van der Waals surface area contributed by atoms with Crippen molar-refractivity contribution in [3.05, 3.63) is 48.4 Å². The predicted octanol–water partition coefficient (Wildman–Crippen LogP) is 4.59. The van der Waals surface area contributed by atoms with Crippen LogP contribution in [-0.2, 0) is 18.6 Å². The van der Waals surface area contributed by atoms with E-state index in [1.165, 1.54) is 6.20 Å². The van der Waals surface area contributed by atoms with Crippen LogP contribution in [0.3, 0.4) is 0 Å². The average molecular weight is 577 g/mol. The lowest BCUT2D eigenvalue weighted by molar-refractivity contribution is -0.139. The Kier molecular flexibility index (Phi) is 7.53. The van der Waals surface area contributed by atoms with E-state index < -0.39 is 30.8 Å². The van der Waals surface area contributed by atoms with Gasteiger partial charge < -0.3 is 29.2 Å². The molecule has 1 saturated heterocycles. The van der Waals surface area contributed by atoms with Gasteiger partial charge in [0, 0.05) is 29.7 Å². The molecule has 0 unspecified atom stereocenters. The molecule has 1 aliphatic rings. The van der Waals surface area contributed by atoms with E-state index in [2.05, 4.69) is 25.8 Å². The number of aromatic nitrogens is 5. The van der Waals surface area contributed by atoms with Crippen LogP contribution in [-0.4, -0.2) is 73.6 Å². The molecule has 1 aliphatic heterocycles. The van der Waals surface area contributed by atoms with Gasteiger partial charge in [0.05, 0.1) is 36.3 Å². The van der Waals surface area contributed by atoms with Crippen LogP contribution in [0.2, 0.25) is 0 Å². The Balaban J connectivity index is 1.42. The van der Waals surface area contributed by atoms with Crippen LogP contribution < -0.4 is 10.6 Å². The van der Waals surface area contributed by atoms with Gasteiger partial charge in [-0.1, -0.05) is 11.2 Å². The number of piperidine rings is 1. The molecule has 0 spiro atoms. The van der Waals surface area contributed by atoms with Crippen LogP contribution in [0.1, 0.15) is 43.6 Å². The number of fused-ring (bicyclic) bond motifs is 1.